The Bertz CT molecular complexity index is 491. The van der Waals surface area contributed by atoms with E-state index in [1.165, 1.54) is 6.20 Å². The van der Waals surface area contributed by atoms with Crippen LogP contribution in [0.1, 0.15) is 24.0 Å². The van der Waals surface area contributed by atoms with Crippen LogP contribution >= 0.6 is 0 Å². The number of nitrogens with zero attached hydrogens (tertiary/aromatic N) is 2. The van der Waals surface area contributed by atoms with Gasteiger partial charge in [-0.1, -0.05) is 0 Å². The Balaban J connectivity index is 2.72. The third kappa shape index (κ3) is 3.91. The van der Waals surface area contributed by atoms with Crippen molar-refractivity contribution in [2.45, 2.75) is 19.8 Å². The highest BCUT2D eigenvalue weighted by atomic mass is 16.4. The van der Waals surface area contributed by atoms with E-state index in [9.17, 15) is 9.59 Å². The lowest BCUT2D eigenvalue weighted by Gasteiger charge is -2.05. The van der Waals surface area contributed by atoms with E-state index >= 15 is 0 Å². The molecule has 1 rings (SSSR count). The van der Waals surface area contributed by atoms with Crippen LogP contribution < -0.4 is 5.32 Å². The van der Waals surface area contributed by atoms with Crippen molar-refractivity contribution in [1.82, 2.24) is 4.98 Å². The van der Waals surface area contributed by atoms with E-state index in [1.54, 1.807) is 13.0 Å². The Morgan fingerprint density at radius 2 is 2.24 bits per heavy atom. The smallest absolute Gasteiger partial charge is 0.303 e. The number of nitriles is 1. The molecule has 17 heavy (non-hydrogen) atoms. The fourth-order valence-electron chi connectivity index (χ4n) is 1.17. The maximum atomic E-state index is 11.3. The molecule has 0 aromatic carbocycles. The maximum Gasteiger partial charge on any atom is 0.303 e. The average Bonchev–Trinajstić information content (AvgIpc) is 2.28. The van der Waals surface area contributed by atoms with Gasteiger partial charge in [0.1, 0.15) is 11.9 Å². The summed E-state index contributed by atoms with van der Waals surface area (Å²) in [5, 5.41) is 19.7. The number of carbonyl (C=O) groups excluding carboxylic acids is 1. The van der Waals surface area contributed by atoms with Gasteiger partial charge < -0.3 is 10.4 Å². The second-order valence-electron chi connectivity index (χ2n) is 3.46. The van der Waals surface area contributed by atoms with Crippen LogP contribution in [0.5, 0.6) is 0 Å². The summed E-state index contributed by atoms with van der Waals surface area (Å²) in [6.45, 7) is 1.78. The van der Waals surface area contributed by atoms with Gasteiger partial charge in [-0.05, 0) is 18.6 Å². The Kier molecular flexibility index (Phi) is 4.17. The molecule has 1 heterocycles. The highest BCUT2D eigenvalue weighted by molar-refractivity contribution is 5.92. The van der Waals surface area contributed by atoms with Crippen molar-refractivity contribution in [3.63, 3.8) is 0 Å². The van der Waals surface area contributed by atoms with E-state index < -0.39 is 11.9 Å². The monoisotopic (exact) mass is 233 g/mol. The molecule has 0 saturated heterocycles. The molecule has 6 heteroatoms. The van der Waals surface area contributed by atoms with Crippen molar-refractivity contribution in [3.8, 4) is 6.07 Å². The molecule has 0 saturated carbocycles. The highest BCUT2D eigenvalue weighted by Gasteiger charge is 2.09. The number of rotatable bonds is 4. The van der Waals surface area contributed by atoms with E-state index in [0.717, 1.165) is 5.56 Å². The van der Waals surface area contributed by atoms with Crippen LogP contribution in [-0.2, 0) is 9.59 Å². The molecule has 0 atom stereocenters. The number of hydrogen-bond acceptors (Lipinski definition) is 4. The molecule has 0 unspecified atom stereocenters. The van der Waals surface area contributed by atoms with Gasteiger partial charge in [0, 0.05) is 12.6 Å². The van der Waals surface area contributed by atoms with Crippen molar-refractivity contribution in [3.05, 3.63) is 23.4 Å². The number of aliphatic carboxylic acids is 1. The van der Waals surface area contributed by atoms with Gasteiger partial charge in [-0.25, -0.2) is 4.98 Å². The van der Waals surface area contributed by atoms with Crippen molar-refractivity contribution >= 4 is 17.7 Å². The van der Waals surface area contributed by atoms with Crippen LogP contribution in [0.15, 0.2) is 12.3 Å². The van der Waals surface area contributed by atoms with E-state index in [4.69, 9.17) is 10.4 Å². The summed E-state index contributed by atoms with van der Waals surface area (Å²) < 4.78 is 0. The Morgan fingerprint density at radius 1 is 1.53 bits per heavy atom. The molecule has 1 aromatic heterocycles. The summed E-state index contributed by atoms with van der Waals surface area (Å²) in [7, 11) is 0. The number of pyridine rings is 1. The fraction of sp³-hybridized carbons (Fsp3) is 0.273. The molecule has 6 nitrogen and oxygen atoms in total. The third-order valence-electron chi connectivity index (χ3n) is 1.97. The van der Waals surface area contributed by atoms with Gasteiger partial charge in [0.15, 0.2) is 0 Å². The molecule has 0 spiro atoms. The molecule has 0 bridgehead atoms. The summed E-state index contributed by atoms with van der Waals surface area (Å²) in [4.78, 5) is 25.5. The quantitative estimate of drug-likeness (QED) is 0.809. The first-order chi connectivity index (χ1) is 8.02. The van der Waals surface area contributed by atoms with Crippen LogP contribution in [-0.4, -0.2) is 22.0 Å². The first-order valence-corrected chi connectivity index (χ1v) is 4.91. The molecular weight excluding hydrogens is 222 g/mol. The number of carboxylic acid groups (broad SMARTS) is 1. The predicted molar refractivity (Wildman–Crippen MR) is 59.2 cm³/mol. The van der Waals surface area contributed by atoms with Crippen LogP contribution in [0.2, 0.25) is 0 Å². The van der Waals surface area contributed by atoms with Gasteiger partial charge in [-0.2, -0.15) is 5.26 Å². The van der Waals surface area contributed by atoms with Gasteiger partial charge in [0.25, 0.3) is 0 Å². The van der Waals surface area contributed by atoms with E-state index in [-0.39, 0.29) is 24.2 Å². The molecule has 1 amide bonds. The van der Waals surface area contributed by atoms with E-state index in [1.807, 2.05) is 6.07 Å². The first-order valence-electron chi connectivity index (χ1n) is 4.91. The SMILES string of the molecule is Cc1cnc(NC(=O)CCC(=O)O)c(C#N)c1. The molecule has 88 valence electrons. The maximum absolute atomic E-state index is 11.3. The van der Waals surface area contributed by atoms with Gasteiger partial charge >= 0.3 is 5.97 Å². The van der Waals surface area contributed by atoms with Crippen molar-refractivity contribution in [1.29, 1.82) is 5.26 Å². The van der Waals surface area contributed by atoms with Crippen LogP contribution in [0.25, 0.3) is 0 Å². The number of aryl methyl sites for hydroxylation is 1. The van der Waals surface area contributed by atoms with Crippen LogP contribution in [0, 0.1) is 18.3 Å². The first kappa shape index (κ1) is 12.6. The zero-order chi connectivity index (χ0) is 12.8. The minimum absolute atomic E-state index is 0.143. The molecular formula is C11H11N3O3. The molecule has 2 N–H and O–H groups in total. The van der Waals surface area contributed by atoms with Gasteiger partial charge in [0.05, 0.1) is 12.0 Å². The van der Waals surface area contributed by atoms with E-state index in [2.05, 4.69) is 10.3 Å². The largest absolute Gasteiger partial charge is 0.481 e. The lowest BCUT2D eigenvalue weighted by atomic mass is 10.2. The number of amides is 1. The number of nitrogens with one attached hydrogen (secondary N) is 1. The minimum Gasteiger partial charge on any atom is -0.481 e. The van der Waals surface area contributed by atoms with Crippen LogP contribution in [0.4, 0.5) is 5.82 Å². The molecule has 1 aromatic rings. The topological polar surface area (TPSA) is 103 Å². The summed E-state index contributed by atoms with van der Waals surface area (Å²) in [5.74, 6) is -1.36. The van der Waals surface area contributed by atoms with Crippen LogP contribution in [0.3, 0.4) is 0 Å². The normalized spacial score (nSPS) is 9.41. The zero-order valence-corrected chi connectivity index (χ0v) is 9.23. The molecule has 0 radical (unpaired) electrons. The lowest BCUT2D eigenvalue weighted by molar-refractivity contribution is -0.138. The molecule has 0 aliphatic heterocycles. The summed E-state index contributed by atoms with van der Waals surface area (Å²) in [6.07, 6.45) is 1.13. The second kappa shape index (κ2) is 5.61. The molecule has 0 fully saturated rings. The Morgan fingerprint density at radius 3 is 2.82 bits per heavy atom. The van der Waals surface area contributed by atoms with Crippen molar-refractivity contribution in [2.24, 2.45) is 0 Å². The number of carbonyl (C=O) groups is 2. The predicted octanol–water partition coefficient (Wildman–Crippen LogP) is 1.06. The summed E-state index contributed by atoms with van der Waals surface area (Å²) in [6, 6.07) is 3.51. The number of aromatic nitrogens is 1. The molecule has 0 aliphatic carbocycles. The summed E-state index contributed by atoms with van der Waals surface area (Å²) >= 11 is 0. The minimum atomic E-state index is -1.04. The number of hydrogen-bond donors (Lipinski definition) is 2. The van der Waals surface area contributed by atoms with Gasteiger partial charge in [0.2, 0.25) is 5.91 Å². The second-order valence-corrected chi connectivity index (χ2v) is 3.46. The standard InChI is InChI=1S/C11H11N3O3/c1-7-4-8(5-12)11(13-6-7)14-9(15)2-3-10(16)17/h4,6H,2-3H2,1H3,(H,16,17)(H,13,14,15). The lowest BCUT2D eigenvalue weighted by Crippen LogP contribution is -2.15. The zero-order valence-electron chi connectivity index (χ0n) is 9.23. The van der Waals surface area contributed by atoms with E-state index in [0.29, 0.717) is 0 Å². The Hall–Kier alpha value is -2.42. The third-order valence-corrected chi connectivity index (χ3v) is 1.97. The number of anilines is 1. The van der Waals surface area contributed by atoms with Gasteiger partial charge in [-0.3, -0.25) is 9.59 Å². The fourth-order valence-corrected chi connectivity index (χ4v) is 1.17. The van der Waals surface area contributed by atoms with Crippen molar-refractivity contribution in [2.75, 3.05) is 5.32 Å². The Labute approximate surface area is 97.9 Å². The van der Waals surface area contributed by atoms with Crippen molar-refractivity contribution < 1.29 is 14.7 Å². The summed E-state index contributed by atoms with van der Waals surface area (Å²) in [5.41, 5.74) is 1.07. The molecule has 0 aliphatic rings. The number of carboxylic acids is 1. The average molecular weight is 233 g/mol. The van der Waals surface area contributed by atoms with Gasteiger partial charge in [-0.15, -0.1) is 0 Å². The highest BCUT2D eigenvalue weighted by Crippen LogP contribution is 2.12.